The van der Waals surface area contributed by atoms with Crippen molar-refractivity contribution in [1.29, 1.82) is 0 Å². The molecule has 3 atom stereocenters. The Morgan fingerprint density at radius 1 is 1.05 bits per heavy atom. The second kappa shape index (κ2) is 4.87. The first-order valence-electron chi connectivity index (χ1n) is 7.99. The molecule has 1 amide bonds. The molecule has 0 N–H and O–H groups in total. The molecule has 2 bridgehead atoms. The van der Waals surface area contributed by atoms with Gasteiger partial charge in [-0.3, -0.25) is 4.79 Å². The lowest BCUT2D eigenvalue weighted by atomic mass is 9.87. The molecular weight excluding hydrogens is 258 g/mol. The maximum Gasteiger partial charge on any atom is 0.230 e. The molecule has 2 heteroatoms. The van der Waals surface area contributed by atoms with E-state index in [1.807, 2.05) is 24.1 Å². The SMILES string of the molecule is CN(C(=O)C1C[C@H]2CC[C@H]1C2)c1ccc2ccccc2c1. The Morgan fingerprint density at radius 3 is 2.57 bits per heavy atom. The zero-order chi connectivity index (χ0) is 14.4. The largest absolute Gasteiger partial charge is 0.315 e. The minimum absolute atomic E-state index is 0.264. The Hall–Kier alpha value is -1.83. The number of benzene rings is 2. The summed E-state index contributed by atoms with van der Waals surface area (Å²) in [6, 6.07) is 14.6. The van der Waals surface area contributed by atoms with Gasteiger partial charge in [0.2, 0.25) is 5.91 Å². The molecule has 2 aliphatic carbocycles. The van der Waals surface area contributed by atoms with E-state index in [2.05, 4.69) is 30.3 Å². The van der Waals surface area contributed by atoms with Gasteiger partial charge in [0.1, 0.15) is 0 Å². The first kappa shape index (κ1) is 12.9. The van der Waals surface area contributed by atoms with Crippen molar-refractivity contribution < 1.29 is 4.79 Å². The number of rotatable bonds is 2. The highest BCUT2D eigenvalue weighted by Crippen LogP contribution is 2.49. The van der Waals surface area contributed by atoms with Crippen LogP contribution in [0.3, 0.4) is 0 Å². The Kier molecular flexibility index (Phi) is 2.99. The Morgan fingerprint density at radius 2 is 1.86 bits per heavy atom. The van der Waals surface area contributed by atoms with Crippen LogP contribution in [0.4, 0.5) is 5.69 Å². The lowest BCUT2D eigenvalue weighted by molar-refractivity contribution is -0.123. The summed E-state index contributed by atoms with van der Waals surface area (Å²) in [5.41, 5.74) is 1.02. The molecule has 2 saturated carbocycles. The molecule has 2 nitrogen and oxygen atoms in total. The molecule has 0 aliphatic heterocycles. The van der Waals surface area contributed by atoms with E-state index in [9.17, 15) is 4.79 Å². The number of hydrogen-bond donors (Lipinski definition) is 0. The molecule has 2 aromatic rings. The van der Waals surface area contributed by atoms with Crippen LogP contribution in [-0.4, -0.2) is 13.0 Å². The monoisotopic (exact) mass is 279 g/mol. The van der Waals surface area contributed by atoms with Crippen LogP contribution in [0.25, 0.3) is 10.8 Å². The molecule has 2 aromatic carbocycles. The summed E-state index contributed by atoms with van der Waals surface area (Å²) in [7, 11) is 1.93. The van der Waals surface area contributed by atoms with Crippen LogP contribution in [0.2, 0.25) is 0 Å². The first-order valence-corrected chi connectivity index (χ1v) is 7.99. The molecule has 4 rings (SSSR count). The van der Waals surface area contributed by atoms with Crippen molar-refractivity contribution in [2.24, 2.45) is 17.8 Å². The highest BCUT2D eigenvalue weighted by molar-refractivity contribution is 5.97. The summed E-state index contributed by atoms with van der Waals surface area (Å²) < 4.78 is 0. The van der Waals surface area contributed by atoms with Crippen LogP contribution >= 0.6 is 0 Å². The molecule has 2 fully saturated rings. The van der Waals surface area contributed by atoms with E-state index in [0.29, 0.717) is 11.8 Å². The average Bonchev–Trinajstić information content (AvgIpc) is 3.16. The van der Waals surface area contributed by atoms with Gasteiger partial charge in [-0.2, -0.15) is 0 Å². The van der Waals surface area contributed by atoms with Gasteiger partial charge >= 0.3 is 0 Å². The summed E-state index contributed by atoms with van der Waals surface area (Å²) in [6.07, 6.45) is 4.99. The van der Waals surface area contributed by atoms with E-state index < -0.39 is 0 Å². The van der Waals surface area contributed by atoms with Gasteiger partial charge < -0.3 is 4.90 Å². The lowest BCUT2D eigenvalue weighted by Crippen LogP contribution is -2.35. The number of carbonyl (C=O) groups is 1. The van der Waals surface area contributed by atoms with Crippen LogP contribution in [0.15, 0.2) is 42.5 Å². The third-order valence-electron chi connectivity index (χ3n) is 5.51. The third-order valence-corrected chi connectivity index (χ3v) is 5.51. The summed E-state index contributed by atoms with van der Waals surface area (Å²) >= 11 is 0. The number of hydrogen-bond acceptors (Lipinski definition) is 1. The molecule has 0 spiro atoms. The van der Waals surface area contributed by atoms with Crippen LogP contribution in [0.1, 0.15) is 25.7 Å². The summed E-state index contributed by atoms with van der Waals surface area (Å²) in [5.74, 6) is 2.04. The zero-order valence-electron chi connectivity index (χ0n) is 12.5. The number of amides is 1. The summed E-state index contributed by atoms with van der Waals surface area (Å²) in [6.45, 7) is 0. The standard InChI is InChI=1S/C19H21NO/c1-20(19(21)18-11-13-6-7-16(18)10-13)17-9-8-14-4-2-3-5-15(14)12-17/h2-5,8-9,12-13,16,18H,6-7,10-11H2,1H3/t13-,16-,18?/m0/s1. The Labute approximate surface area is 125 Å². The summed E-state index contributed by atoms with van der Waals surface area (Å²) in [4.78, 5) is 14.7. The fourth-order valence-corrected chi connectivity index (χ4v) is 4.31. The first-order chi connectivity index (χ1) is 10.2. The zero-order valence-corrected chi connectivity index (χ0v) is 12.5. The Balaban J connectivity index is 1.60. The predicted molar refractivity (Wildman–Crippen MR) is 86.3 cm³/mol. The molecule has 108 valence electrons. The number of anilines is 1. The van der Waals surface area contributed by atoms with E-state index in [0.717, 1.165) is 18.0 Å². The fraction of sp³-hybridized carbons (Fsp3) is 0.421. The van der Waals surface area contributed by atoms with Gasteiger partial charge in [0, 0.05) is 18.7 Å². The maximum absolute atomic E-state index is 12.8. The van der Waals surface area contributed by atoms with E-state index >= 15 is 0 Å². The van der Waals surface area contributed by atoms with Gasteiger partial charge in [0.05, 0.1) is 0 Å². The second-order valence-corrected chi connectivity index (χ2v) is 6.71. The second-order valence-electron chi connectivity index (χ2n) is 6.71. The molecule has 0 aromatic heterocycles. The molecule has 0 saturated heterocycles. The van der Waals surface area contributed by atoms with Crippen molar-refractivity contribution in [3.8, 4) is 0 Å². The van der Waals surface area contributed by atoms with Gasteiger partial charge in [-0.25, -0.2) is 0 Å². The van der Waals surface area contributed by atoms with Gasteiger partial charge in [-0.1, -0.05) is 36.8 Å². The lowest BCUT2D eigenvalue weighted by Gasteiger charge is -2.26. The maximum atomic E-state index is 12.8. The molecular formula is C19H21NO. The summed E-state index contributed by atoms with van der Waals surface area (Å²) in [5, 5.41) is 2.42. The van der Waals surface area contributed by atoms with E-state index in [1.165, 1.54) is 30.0 Å². The van der Waals surface area contributed by atoms with Crippen LogP contribution in [0, 0.1) is 17.8 Å². The van der Waals surface area contributed by atoms with Crippen LogP contribution < -0.4 is 4.90 Å². The molecule has 0 radical (unpaired) electrons. The third kappa shape index (κ3) is 2.14. The van der Waals surface area contributed by atoms with Gasteiger partial charge in [-0.05, 0) is 54.0 Å². The molecule has 21 heavy (non-hydrogen) atoms. The number of nitrogens with zero attached hydrogens (tertiary/aromatic N) is 1. The number of fused-ring (bicyclic) bond motifs is 3. The smallest absolute Gasteiger partial charge is 0.230 e. The van der Waals surface area contributed by atoms with Crippen LogP contribution in [-0.2, 0) is 4.79 Å². The van der Waals surface area contributed by atoms with Gasteiger partial charge in [0.15, 0.2) is 0 Å². The average molecular weight is 279 g/mol. The molecule has 2 aliphatic rings. The quantitative estimate of drug-likeness (QED) is 0.805. The van der Waals surface area contributed by atoms with Gasteiger partial charge in [-0.15, -0.1) is 0 Å². The van der Waals surface area contributed by atoms with E-state index in [-0.39, 0.29) is 5.92 Å². The topological polar surface area (TPSA) is 20.3 Å². The molecule has 1 unspecified atom stereocenters. The van der Waals surface area contributed by atoms with Crippen molar-refractivity contribution in [2.75, 3.05) is 11.9 Å². The number of carbonyl (C=O) groups excluding carboxylic acids is 1. The van der Waals surface area contributed by atoms with Gasteiger partial charge in [0.25, 0.3) is 0 Å². The molecule has 0 heterocycles. The van der Waals surface area contributed by atoms with E-state index in [1.54, 1.807) is 0 Å². The normalized spacial score (nSPS) is 27.2. The fourth-order valence-electron chi connectivity index (χ4n) is 4.31. The van der Waals surface area contributed by atoms with E-state index in [4.69, 9.17) is 0 Å². The van der Waals surface area contributed by atoms with Crippen molar-refractivity contribution in [3.63, 3.8) is 0 Å². The Bertz CT molecular complexity index is 693. The van der Waals surface area contributed by atoms with Crippen molar-refractivity contribution in [3.05, 3.63) is 42.5 Å². The highest BCUT2D eigenvalue weighted by atomic mass is 16.2. The van der Waals surface area contributed by atoms with Crippen molar-refractivity contribution >= 4 is 22.4 Å². The minimum Gasteiger partial charge on any atom is -0.315 e. The highest BCUT2D eigenvalue weighted by Gasteiger charge is 2.44. The minimum atomic E-state index is 0.264. The van der Waals surface area contributed by atoms with Crippen molar-refractivity contribution in [2.45, 2.75) is 25.7 Å². The van der Waals surface area contributed by atoms with Crippen molar-refractivity contribution in [1.82, 2.24) is 0 Å². The van der Waals surface area contributed by atoms with Crippen LogP contribution in [0.5, 0.6) is 0 Å². The predicted octanol–water partition coefficient (Wildman–Crippen LogP) is 4.24.